The highest BCUT2D eigenvalue weighted by Gasteiger charge is 2.40. The van der Waals surface area contributed by atoms with Crippen LogP contribution >= 0.6 is 20.8 Å². The van der Waals surface area contributed by atoms with Crippen molar-refractivity contribution in [3.8, 4) is 5.75 Å². The minimum Gasteiger partial charge on any atom is -0.489 e. The summed E-state index contributed by atoms with van der Waals surface area (Å²) in [7, 11) is 2.58. The van der Waals surface area contributed by atoms with E-state index in [1.165, 1.54) is 4.90 Å². The Morgan fingerprint density at radius 2 is 1.60 bits per heavy atom. The first-order valence-electron chi connectivity index (χ1n) is 8.92. The summed E-state index contributed by atoms with van der Waals surface area (Å²) >= 11 is 6.34. The van der Waals surface area contributed by atoms with Gasteiger partial charge < -0.3 is 4.74 Å². The SMILES string of the molecule is O=C1C2=C(CCCC2)C(=O)N1c1cc(OC2CCCC2)c(Cl)cc1P. The number of hydrogen-bond acceptors (Lipinski definition) is 3. The summed E-state index contributed by atoms with van der Waals surface area (Å²) in [6, 6.07) is 3.50. The molecule has 0 aromatic heterocycles. The minimum absolute atomic E-state index is 0.164. The highest BCUT2D eigenvalue weighted by molar-refractivity contribution is 7.28. The Balaban J connectivity index is 1.68. The maximum absolute atomic E-state index is 12.8. The second-order valence-electron chi connectivity index (χ2n) is 6.98. The first kappa shape index (κ1) is 17.1. The number of nitrogens with zero attached hydrogens (tertiary/aromatic N) is 1. The summed E-state index contributed by atoms with van der Waals surface area (Å²) < 4.78 is 6.05. The smallest absolute Gasteiger partial charge is 0.261 e. The molecule has 0 radical (unpaired) electrons. The summed E-state index contributed by atoms with van der Waals surface area (Å²) in [6.45, 7) is 0. The predicted octanol–water partition coefficient (Wildman–Crippen LogP) is 3.91. The molecule has 132 valence electrons. The molecule has 0 spiro atoms. The van der Waals surface area contributed by atoms with Crippen LogP contribution in [0.2, 0.25) is 5.02 Å². The number of carbonyl (C=O) groups is 2. The van der Waals surface area contributed by atoms with Gasteiger partial charge in [-0.25, -0.2) is 4.90 Å². The Bertz CT molecular complexity index is 755. The molecule has 1 atom stereocenters. The van der Waals surface area contributed by atoms with Gasteiger partial charge in [0.1, 0.15) is 5.75 Å². The normalized spacial score (nSPS) is 21.3. The van der Waals surface area contributed by atoms with Gasteiger partial charge in [0.15, 0.2) is 0 Å². The first-order chi connectivity index (χ1) is 12.1. The fourth-order valence-corrected chi connectivity index (χ4v) is 4.69. The summed E-state index contributed by atoms with van der Waals surface area (Å²) in [4.78, 5) is 26.9. The number of hydrogen-bond donors (Lipinski definition) is 0. The molecular weight excluding hydrogens is 357 g/mol. The van der Waals surface area contributed by atoms with Crippen LogP contribution in [-0.4, -0.2) is 17.9 Å². The van der Waals surface area contributed by atoms with Gasteiger partial charge in [-0.05, 0) is 62.7 Å². The summed E-state index contributed by atoms with van der Waals surface area (Å²) in [5.41, 5.74) is 1.94. The minimum atomic E-state index is -0.183. The van der Waals surface area contributed by atoms with Crippen LogP contribution in [0.4, 0.5) is 5.69 Å². The van der Waals surface area contributed by atoms with Crippen LogP contribution in [-0.2, 0) is 9.59 Å². The molecule has 4 nitrogen and oxygen atoms in total. The zero-order valence-electron chi connectivity index (χ0n) is 14.0. The van der Waals surface area contributed by atoms with Crippen LogP contribution < -0.4 is 14.9 Å². The second kappa shape index (κ2) is 6.74. The van der Waals surface area contributed by atoms with E-state index < -0.39 is 0 Å². The van der Waals surface area contributed by atoms with Crippen molar-refractivity contribution in [3.63, 3.8) is 0 Å². The van der Waals surface area contributed by atoms with Gasteiger partial charge >= 0.3 is 0 Å². The van der Waals surface area contributed by atoms with Crippen molar-refractivity contribution in [2.75, 3.05) is 4.90 Å². The molecule has 0 saturated heterocycles. The molecule has 2 amide bonds. The standard InChI is InChI=1S/C19H21ClNO3P/c20-14-9-17(25)15(10-16(14)24-11-5-1-2-6-11)21-18(22)12-7-3-4-8-13(12)19(21)23/h9-11H,1-8,25H2. The van der Waals surface area contributed by atoms with Crippen molar-refractivity contribution in [1.29, 1.82) is 0 Å². The molecule has 1 fully saturated rings. The molecule has 0 bridgehead atoms. The van der Waals surface area contributed by atoms with E-state index in [4.69, 9.17) is 16.3 Å². The number of halogens is 1. The third-order valence-electron chi connectivity index (χ3n) is 5.31. The molecule has 1 heterocycles. The van der Waals surface area contributed by atoms with Gasteiger partial charge in [0.25, 0.3) is 11.8 Å². The molecule has 3 aliphatic rings. The predicted molar refractivity (Wildman–Crippen MR) is 102 cm³/mol. The summed E-state index contributed by atoms with van der Waals surface area (Å²) in [6.07, 6.45) is 7.86. The Morgan fingerprint density at radius 1 is 1.00 bits per heavy atom. The zero-order chi connectivity index (χ0) is 17.6. The summed E-state index contributed by atoms with van der Waals surface area (Å²) in [5, 5.41) is 1.24. The van der Waals surface area contributed by atoms with E-state index in [0.717, 1.165) is 43.8 Å². The van der Waals surface area contributed by atoms with E-state index >= 15 is 0 Å². The van der Waals surface area contributed by atoms with Gasteiger partial charge in [-0.1, -0.05) is 11.6 Å². The lowest BCUT2D eigenvalue weighted by atomic mass is 9.93. The van der Waals surface area contributed by atoms with E-state index in [-0.39, 0.29) is 17.9 Å². The van der Waals surface area contributed by atoms with Crippen LogP contribution in [0, 0.1) is 0 Å². The van der Waals surface area contributed by atoms with Gasteiger partial charge in [-0.3, -0.25) is 9.59 Å². The number of rotatable bonds is 3. The molecule has 1 aromatic carbocycles. The topological polar surface area (TPSA) is 46.6 Å². The van der Waals surface area contributed by atoms with Gasteiger partial charge in [-0.15, -0.1) is 9.24 Å². The number of imide groups is 1. The largest absolute Gasteiger partial charge is 0.489 e. The molecule has 2 aliphatic carbocycles. The average molecular weight is 378 g/mol. The molecule has 1 aliphatic heterocycles. The van der Waals surface area contributed by atoms with Crippen LogP contribution in [0.1, 0.15) is 51.4 Å². The number of carbonyl (C=O) groups excluding carboxylic acids is 2. The van der Waals surface area contributed by atoms with Crippen LogP contribution in [0.3, 0.4) is 0 Å². The van der Waals surface area contributed by atoms with Crippen LogP contribution in [0.5, 0.6) is 5.75 Å². The lowest BCUT2D eigenvalue weighted by Crippen LogP contribution is -2.34. The Labute approximate surface area is 154 Å². The molecule has 6 heteroatoms. The van der Waals surface area contributed by atoms with Crippen molar-refractivity contribution in [2.45, 2.75) is 57.5 Å². The Hall–Kier alpha value is -1.38. The number of ether oxygens (including phenoxy) is 1. The van der Waals surface area contributed by atoms with Crippen molar-refractivity contribution in [2.24, 2.45) is 0 Å². The molecule has 4 rings (SSSR count). The quantitative estimate of drug-likeness (QED) is 0.592. The number of benzene rings is 1. The van der Waals surface area contributed by atoms with Gasteiger partial charge in [-0.2, -0.15) is 0 Å². The van der Waals surface area contributed by atoms with E-state index in [1.54, 1.807) is 12.1 Å². The van der Waals surface area contributed by atoms with Crippen molar-refractivity contribution >= 4 is 43.6 Å². The molecular formula is C19H21ClNO3P. The highest BCUT2D eigenvalue weighted by Crippen LogP contribution is 2.38. The highest BCUT2D eigenvalue weighted by atomic mass is 35.5. The maximum atomic E-state index is 12.8. The maximum Gasteiger partial charge on any atom is 0.261 e. The van der Waals surface area contributed by atoms with E-state index in [2.05, 4.69) is 9.24 Å². The molecule has 1 saturated carbocycles. The lowest BCUT2D eigenvalue weighted by Gasteiger charge is -2.21. The molecule has 1 unspecified atom stereocenters. The van der Waals surface area contributed by atoms with Crippen molar-refractivity contribution in [1.82, 2.24) is 0 Å². The Morgan fingerprint density at radius 3 is 2.20 bits per heavy atom. The fourth-order valence-electron chi connectivity index (χ4n) is 3.99. The molecule has 1 aromatic rings. The van der Waals surface area contributed by atoms with E-state index in [0.29, 0.717) is 40.4 Å². The number of amides is 2. The van der Waals surface area contributed by atoms with Crippen LogP contribution in [0.25, 0.3) is 0 Å². The second-order valence-corrected chi connectivity index (χ2v) is 8.00. The monoisotopic (exact) mass is 377 g/mol. The van der Waals surface area contributed by atoms with Crippen LogP contribution in [0.15, 0.2) is 23.3 Å². The van der Waals surface area contributed by atoms with Gasteiger partial charge in [0, 0.05) is 17.2 Å². The lowest BCUT2D eigenvalue weighted by molar-refractivity contribution is -0.120. The van der Waals surface area contributed by atoms with E-state index in [9.17, 15) is 9.59 Å². The summed E-state index contributed by atoms with van der Waals surface area (Å²) in [5.74, 6) is 0.190. The van der Waals surface area contributed by atoms with E-state index in [1.807, 2.05) is 0 Å². The molecule has 25 heavy (non-hydrogen) atoms. The third kappa shape index (κ3) is 3.00. The van der Waals surface area contributed by atoms with Gasteiger partial charge in [0.2, 0.25) is 0 Å². The van der Waals surface area contributed by atoms with Crippen molar-refractivity contribution < 1.29 is 14.3 Å². The fraction of sp³-hybridized carbons (Fsp3) is 0.474. The third-order valence-corrected chi connectivity index (χ3v) is 6.07. The Kier molecular flexibility index (Phi) is 4.59. The average Bonchev–Trinajstić information content (AvgIpc) is 3.19. The van der Waals surface area contributed by atoms with Crippen molar-refractivity contribution in [3.05, 3.63) is 28.3 Å². The molecule has 0 N–H and O–H groups in total. The number of anilines is 1. The van der Waals surface area contributed by atoms with Gasteiger partial charge in [0.05, 0.1) is 16.8 Å². The first-order valence-corrected chi connectivity index (χ1v) is 9.88. The zero-order valence-corrected chi connectivity index (χ0v) is 15.9.